The highest BCUT2D eigenvalue weighted by atomic mass is 32.2. The molecule has 0 unspecified atom stereocenters. The van der Waals surface area contributed by atoms with Crippen LogP contribution in [0.1, 0.15) is 43.9 Å². The smallest absolute Gasteiger partial charge is 0.367 e. The number of sulfonamides is 1. The van der Waals surface area contributed by atoms with Gasteiger partial charge in [-0.3, -0.25) is 4.72 Å². The zero-order chi connectivity index (χ0) is 26.1. The lowest BCUT2D eigenvalue weighted by Crippen LogP contribution is -2.31. The van der Waals surface area contributed by atoms with Gasteiger partial charge in [-0.15, -0.1) is 20.4 Å². The standard InChI is InChI=1S/C23H25F3N6O2S2/c1-22(2,3)17-8-6-15(7-9-17)13-32-10-4-5-16-11-18(28-30-21-29-27-14-35-21)19(12-20(16)32)31-36(33,34)23(24,25)26/h6-9,11-12,14,31H,4-5,10,13H2,1-3H3. The first-order valence-corrected chi connectivity index (χ1v) is 13.5. The van der Waals surface area contributed by atoms with E-state index in [4.69, 9.17) is 0 Å². The summed E-state index contributed by atoms with van der Waals surface area (Å²) in [7, 11) is -5.66. The lowest BCUT2D eigenvalue weighted by atomic mass is 9.86. The van der Waals surface area contributed by atoms with E-state index in [1.54, 1.807) is 10.8 Å². The zero-order valence-electron chi connectivity index (χ0n) is 19.9. The third kappa shape index (κ3) is 5.84. The molecule has 0 atom stereocenters. The molecule has 192 valence electrons. The summed E-state index contributed by atoms with van der Waals surface area (Å²) >= 11 is 1.09. The number of aromatic nitrogens is 2. The van der Waals surface area contributed by atoms with Crippen LogP contribution in [0.25, 0.3) is 0 Å². The summed E-state index contributed by atoms with van der Waals surface area (Å²) in [6.45, 7) is 7.59. The molecule has 0 radical (unpaired) electrons. The van der Waals surface area contributed by atoms with E-state index in [9.17, 15) is 21.6 Å². The van der Waals surface area contributed by atoms with Gasteiger partial charge in [0.25, 0.3) is 5.13 Å². The van der Waals surface area contributed by atoms with Crippen LogP contribution in [0, 0.1) is 0 Å². The van der Waals surface area contributed by atoms with Crippen molar-refractivity contribution in [3.05, 3.63) is 58.6 Å². The van der Waals surface area contributed by atoms with E-state index in [2.05, 4.69) is 53.3 Å². The van der Waals surface area contributed by atoms with Crippen molar-refractivity contribution in [2.45, 2.75) is 51.1 Å². The van der Waals surface area contributed by atoms with Gasteiger partial charge in [0, 0.05) is 18.8 Å². The number of benzene rings is 2. The van der Waals surface area contributed by atoms with Crippen molar-refractivity contribution in [3.63, 3.8) is 0 Å². The summed E-state index contributed by atoms with van der Waals surface area (Å²) in [6.07, 6.45) is 1.50. The summed E-state index contributed by atoms with van der Waals surface area (Å²) in [5, 5.41) is 15.4. The van der Waals surface area contributed by atoms with Crippen LogP contribution < -0.4 is 9.62 Å². The van der Waals surface area contributed by atoms with Gasteiger partial charge in [-0.1, -0.05) is 56.4 Å². The molecule has 0 fully saturated rings. The molecule has 0 saturated heterocycles. The number of aryl methyl sites for hydroxylation is 1. The predicted octanol–water partition coefficient (Wildman–Crippen LogP) is 6.47. The van der Waals surface area contributed by atoms with Crippen molar-refractivity contribution in [2.24, 2.45) is 10.2 Å². The van der Waals surface area contributed by atoms with Gasteiger partial charge in [0.05, 0.1) is 5.69 Å². The lowest BCUT2D eigenvalue weighted by molar-refractivity contribution is -0.0429. The summed E-state index contributed by atoms with van der Waals surface area (Å²) in [6, 6.07) is 11.2. The van der Waals surface area contributed by atoms with Gasteiger partial charge < -0.3 is 4.90 Å². The largest absolute Gasteiger partial charge is 0.516 e. The van der Waals surface area contributed by atoms with E-state index >= 15 is 0 Å². The fourth-order valence-electron chi connectivity index (χ4n) is 3.86. The predicted molar refractivity (Wildman–Crippen MR) is 134 cm³/mol. The van der Waals surface area contributed by atoms with Gasteiger partial charge in [-0.05, 0) is 47.1 Å². The third-order valence-electron chi connectivity index (χ3n) is 5.75. The van der Waals surface area contributed by atoms with Crippen molar-refractivity contribution in [3.8, 4) is 0 Å². The Morgan fingerprint density at radius 2 is 1.83 bits per heavy atom. The molecular formula is C23H25F3N6O2S2. The Labute approximate surface area is 211 Å². The van der Waals surface area contributed by atoms with Crippen molar-refractivity contribution in [1.82, 2.24) is 10.2 Å². The number of halogens is 3. The molecule has 0 amide bonds. The maximum atomic E-state index is 13.1. The molecule has 8 nitrogen and oxygen atoms in total. The monoisotopic (exact) mass is 538 g/mol. The van der Waals surface area contributed by atoms with Crippen molar-refractivity contribution in [1.29, 1.82) is 0 Å². The number of alkyl halides is 3. The first-order valence-electron chi connectivity index (χ1n) is 11.1. The number of hydrogen-bond acceptors (Lipinski definition) is 8. The van der Waals surface area contributed by atoms with Gasteiger partial charge in [-0.2, -0.15) is 21.6 Å². The van der Waals surface area contributed by atoms with Crippen LogP contribution in [0.2, 0.25) is 0 Å². The van der Waals surface area contributed by atoms with E-state index in [0.717, 1.165) is 28.9 Å². The minimum Gasteiger partial charge on any atom is -0.367 e. The van der Waals surface area contributed by atoms with Gasteiger partial charge in [0.1, 0.15) is 11.2 Å². The fraction of sp³-hybridized carbons (Fsp3) is 0.391. The number of anilines is 2. The number of nitrogens with zero attached hydrogens (tertiary/aromatic N) is 5. The quantitative estimate of drug-likeness (QED) is 0.363. The van der Waals surface area contributed by atoms with Crippen molar-refractivity contribution in [2.75, 3.05) is 16.2 Å². The van der Waals surface area contributed by atoms with Crippen LogP contribution in [0.5, 0.6) is 0 Å². The van der Waals surface area contributed by atoms with E-state index in [1.165, 1.54) is 17.1 Å². The molecule has 1 N–H and O–H groups in total. The van der Waals surface area contributed by atoms with E-state index in [1.807, 2.05) is 17.0 Å². The number of azo groups is 1. The first kappa shape index (κ1) is 26.0. The molecule has 0 aliphatic carbocycles. The Hall–Kier alpha value is -3.06. The minimum absolute atomic E-state index is 0.0143. The molecule has 1 aliphatic rings. The number of rotatable bonds is 6. The second-order valence-corrected chi connectivity index (χ2v) is 11.9. The average molecular weight is 539 g/mol. The molecule has 2 aromatic carbocycles. The molecule has 3 aromatic rings. The average Bonchev–Trinajstić information content (AvgIpc) is 3.30. The molecule has 1 aromatic heterocycles. The van der Waals surface area contributed by atoms with E-state index in [0.29, 0.717) is 25.2 Å². The summed E-state index contributed by atoms with van der Waals surface area (Å²) in [5.74, 6) is 0. The van der Waals surface area contributed by atoms with Crippen molar-refractivity contribution >= 4 is 43.6 Å². The van der Waals surface area contributed by atoms with E-state index < -0.39 is 15.5 Å². The molecule has 0 saturated carbocycles. The maximum Gasteiger partial charge on any atom is 0.516 e. The highest BCUT2D eigenvalue weighted by molar-refractivity contribution is 7.93. The number of hydrogen-bond donors (Lipinski definition) is 1. The van der Waals surface area contributed by atoms with Crippen LogP contribution in [-0.4, -0.2) is 30.7 Å². The highest BCUT2D eigenvalue weighted by Gasteiger charge is 2.46. The molecule has 36 heavy (non-hydrogen) atoms. The SMILES string of the molecule is CC(C)(C)c1ccc(CN2CCCc3cc(N=Nc4nncs4)c(NS(=O)(=O)C(F)(F)F)cc32)cc1. The highest BCUT2D eigenvalue weighted by Crippen LogP contribution is 2.40. The Bertz CT molecular complexity index is 1350. The zero-order valence-corrected chi connectivity index (χ0v) is 21.5. The molecule has 0 bridgehead atoms. The topological polar surface area (TPSA) is 99.9 Å². The van der Waals surface area contributed by atoms with Gasteiger partial charge in [-0.25, -0.2) is 0 Å². The van der Waals surface area contributed by atoms with E-state index in [-0.39, 0.29) is 21.9 Å². The lowest BCUT2D eigenvalue weighted by Gasteiger charge is -2.32. The Morgan fingerprint density at radius 3 is 2.44 bits per heavy atom. The van der Waals surface area contributed by atoms with Gasteiger partial charge in [0.2, 0.25) is 0 Å². The van der Waals surface area contributed by atoms with Gasteiger partial charge in [0.15, 0.2) is 0 Å². The molecule has 0 spiro atoms. The summed E-state index contributed by atoms with van der Waals surface area (Å²) in [4.78, 5) is 2.03. The van der Waals surface area contributed by atoms with Crippen LogP contribution >= 0.6 is 11.3 Å². The summed E-state index contributed by atoms with van der Waals surface area (Å²) in [5.41, 5.74) is -0.661. The summed E-state index contributed by atoms with van der Waals surface area (Å²) < 4.78 is 64.9. The fourth-order valence-corrected chi connectivity index (χ4v) is 4.80. The Morgan fingerprint density at radius 1 is 1.11 bits per heavy atom. The molecule has 2 heterocycles. The van der Waals surface area contributed by atoms with Gasteiger partial charge >= 0.3 is 15.5 Å². The second kappa shape index (κ2) is 9.77. The maximum absolute atomic E-state index is 13.1. The second-order valence-electron chi connectivity index (χ2n) is 9.44. The van der Waals surface area contributed by atoms with Crippen LogP contribution in [-0.2, 0) is 28.4 Å². The molecule has 4 rings (SSSR count). The van der Waals surface area contributed by atoms with Crippen LogP contribution in [0.3, 0.4) is 0 Å². The number of fused-ring (bicyclic) bond motifs is 1. The Kier molecular flexibility index (Phi) is 7.06. The third-order valence-corrected chi connectivity index (χ3v) is 7.42. The molecular weight excluding hydrogens is 513 g/mol. The number of nitrogens with one attached hydrogen (secondary N) is 1. The Balaban J connectivity index is 1.70. The van der Waals surface area contributed by atoms with Crippen LogP contribution in [0.4, 0.5) is 35.4 Å². The van der Waals surface area contributed by atoms with Crippen molar-refractivity contribution < 1.29 is 21.6 Å². The normalized spacial score (nSPS) is 14.8. The van der Waals surface area contributed by atoms with Crippen LogP contribution in [0.15, 0.2) is 52.1 Å². The molecule has 1 aliphatic heterocycles. The first-order chi connectivity index (χ1) is 16.8. The minimum atomic E-state index is -5.66. The molecule has 13 heteroatoms.